The molecule has 0 aliphatic carbocycles. The SMILES string of the molecule is O=[N+]([O-])c1ccc(S(=O)(=O)NCC2CCCCN2)nc1. The summed E-state index contributed by atoms with van der Waals surface area (Å²) in [6.45, 7) is 1.18. The number of hydrogen-bond acceptors (Lipinski definition) is 6. The second kappa shape index (κ2) is 6.25. The summed E-state index contributed by atoms with van der Waals surface area (Å²) in [5.74, 6) is 0. The van der Waals surface area contributed by atoms with Gasteiger partial charge in [-0.1, -0.05) is 6.42 Å². The smallest absolute Gasteiger partial charge is 0.287 e. The Balaban J connectivity index is 2.00. The number of sulfonamides is 1. The van der Waals surface area contributed by atoms with Crippen LogP contribution in [-0.2, 0) is 10.0 Å². The van der Waals surface area contributed by atoms with Crippen LogP contribution in [0, 0.1) is 10.1 Å². The Hall–Kier alpha value is -1.58. The summed E-state index contributed by atoms with van der Waals surface area (Å²) < 4.78 is 26.4. The highest BCUT2D eigenvalue weighted by atomic mass is 32.2. The van der Waals surface area contributed by atoms with Crippen molar-refractivity contribution in [3.8, 4) is 0 Å². The van der Waals surface area contributed by atoms with Crippen LogP contribution in [0.25, 0.3) is 0 Å². The molecule has 0 amide bonds. The van der Waals surface area contributed by atoms with Crippen molar-refractivity contribution in [3.05, 3.63) is 28.4 Å². The molecule has 110 valence electrons. The van der Waals surface area contributed by atoms with Crippen molar-refractivity contribution in [1.82, 2.24) is 15.0 Å². The molecule has 0 saturated carbocycles. The molecule has 1 fully saturated rings. The molecule has 1 aliphatic rings. The van der Waals surface area contributed by atoms with Gasteiger partial charge in [0.25, 0.3) is 15.7 Å². The van der Waals surface area contributed by atoms with Crippen LogP contribution >= 0.6 is 0 Å². The summed E-state index contributed by atoms with van der Waals surface area (Å²) in [7, 11) is -3.73. The standard InChI is InChI=1S/C11H16N4O4S/c16-15(17)10-4-5-11(13-8-10)20(18,19)14-7-9-3-1-2-6-12-9/h4-5,8-9,12,14H,1-3,6-7H2. The Kier molecular flexibility index (Phi) is 4.63. The van der Waals surface area contributed by atoms with Gasteiger partial charge in [0, 0.05) is 18.7 Å². The molecule has 8 nitrogen and oxygen atoms in total. The van der Waals surface area contributed by atoms with Crippen LogP contribution < -0.4 is 10.0 Å². The van der Waals surface area contributed by atoms with Crippen molar-refractivity contribution >= 4 is 15.7 Å². The molecule has 2 rings (SSSR count). The van der Waals surface area contributed by atoms with Crippen molar-refractivity contribution in [1.29, 1.82) is 0 Å². The first-order chi connectivity index (χ1) is 9.49. The third kappa shape index (κ3) is 3.71. The number of aromatic nitrogens is 1. The van der Waals surface area contributed by atoms with E-state index < -0.39 is 14.9 Å². The van der Waals surface area contributed by atoms with Crippen LogP contribution in [0.2, 0.25) is 0 Å². The fourth-order valence-electron chi connectivity index (χ4n) is 2.02. The molecule has 1 unspecified atom stereocenters. The number of hydrogen-bond donors (Lipinski definition) is 2. The van der Waals surface area contributed by atoms with E-state index in [4.69, 9.17) is 0 Å². The molecular formula is C11H16N4O4S. The first-order valence-corrected chi connectivity index (χ1v) is 7.81. The summed E-state index contributed by atoms with van der Waals surface area (Å²) in [4.78, 5) is 13.5. The Bertz CT molecular complexity index is 567. The number of nitro groups is 1. The van der Waals surface area contributed by atoms with Gasteiger partial charge in [0.1, 0.15) is 6.20 Å². The molecule has 2 N–H and O–H groups in total. The van der Waals surface area contributed by atoms with Gasteiger partial charge in [-0.05, 0) is 25.5 Å². The van der Waals surface area contributed by atoms with E-state index in [1.54, 1.807) is 0 Å². The fraction of sp³-hybridized carbons (Fsp3) is 0.545. The Morgan fingerprint density at radius 2 is 2.25 bits per heavy atom. The van der Waals surface area contributed by atoms with Gasteiger partial charge in [0.15, 0.2) is 5.03 Å². The highest BCUT2D eigenvalue weighted by Crippen LogP contribution is 2.13. The minimum atomic E-state index is -3.73. The molecule has 0 bridgehead atoms. The molecule has 0 radical (unpaired) electrons. The minimum absolute atomic E-state index is 0.122. The maximum atomic E-state index is 12.0. The van der Waals surface area contributed by atoms with E-state index >= 15 is 0 Å². The molecule has 9 heteroatoms. The molecule has 0 aromatic carbocycles. The van der Waals surface area contributed by atoms with E-state index in [0.29, 0.717) is 6.54 Å². The van der Waals surface area contributed by atoms with Crippen LogP contribution in [-0.4, -0.2) is 37.5 Å². The monoisotopic (exact) mass is 300 g/mol. The molecule has 1 aromatic heterocycles. The molecule has 1 atom stereocenters. The lowest BCUT2D eigenvalue weighted by Crippen LogP contribution is -2.43. The zero-order chi connectivity index (χ0) is 14.6. The van der Waals surface area contributed by atoms with Gasteiger partial charge in [-0.2, -0.15) is 0 Å². The summed E-state index contributed by atoms with van der Waals surface area (Å²) in [5, 5.41) is 13.5. The van der Waals surface area contributed by atoms with E-state index in [2.05, 4.69) is 15.0 Å². The summed E-state index contributed by atoms with van der Waals surface area (Å²) in [6.07, 6.45) is 4.05. The highest BCUT2D eigenvalue weighted by Gasteiger charge is 2.20. The van der Waals surface area contributed by atoms with Crippen LogP contribution in [0.5, 0.6) is 0 Å². The number of pyridine rings is 1. The first kappa shape index (κ1) is 14.8. The van der Waals surface area contributed by atoms with E-state index in [1.807, 2.05) is 0 Å². The Morgan fingerprint density at radius 1 is 1.45 bits per heavy atom. The summed E-state index contributed by atoms with van der Waals surface area (Å²) >= 11 is 0. The van der Waals surface area contributed by atoms with Gasteiger partial charge in [-0.15, -0.1) is 0 Å². The van der Waals surface area contributed by atoms with Crippen molar-refractivity contribution in [3.63, 3.8) is 0 Å². The molecule has 1 aromatic rings. The Labute approximate surface area is 116 Å². The second-order valence-electron chi connectivity index (χ2n) is 4.61. The van der Waals surface area contributed by atoms with Crippen LogP contribution in [0.3, 0.4) is 0 Å². The van der Waals surface area contributed by atoms with Crippen LogP contribution in [0.15, 0.2) is 23.4 Å². The molecule has 20 heavy (non-hydrogen) atoms. The normalized spacial score (nSPS) is 19.7. The van der Waals surface area contributed by atoms with Gasteiger partial charge >= 0.3 is 0 Å². The summed E-state index contributed by atoms with van der Waals surface area (Å²) in [5.41, 5.74) is -0.238. The quantitative estimate of drug-likeness (QED) is 0.601. The van der Waals surface area contributed by atoms with Crippen molar-refractivity contribution in [2.24, 2.45) is 0 Å². The zero-order valence-electron chi connectivity index (χ0n) is 10.8. The lowest BCUT2D eigenvalue weighted by molar-refractivity contribution is -0.385. The average molecular weight is 300 g/mol. The molecule has 1 saturated heterocycles. The maximum absolute atomic E-state index is 12.0. The third-order valence-corrected chi connectivity index (χ3v) is 4.48. The highest BCUT2D eigenvalue weighted by molar-refractivity contribution is 7.89. The summed E-state index contributed by atoms with van der Waals surface area (Å²) in [6, 6.07) is 2.38. The van der Waals surface area contributed by atoms with Gasteiger partial charge < -0.3 is 5.32 Å². The van der Waals surface area contributed by atoms with Crippen molar-refractivity contribution < 1.29 is 13.3 Å². The number of rotatable bonds is 5. The predicted molar refractivity (Wildman–Crippen MR) is 71.7 cm³/mol. The third-order valence-electron chi connectivity index (χ3n) is 3.14. The van der Waals surface area contributed by atoms with Gasteiger partial charge in [-0.25, -0.2) is 18.1 Å². The van der Waals surface area contributed by atoms with Gasteiger partial charge in [-0.3, -0.25) is 10.1 Å². The van der Waals surface area contributed by atoms with Crippen LogP contribution in [0.1, 0.15) is 19.3 Å². The van der Waals surface area contributed by atoms with E-state index in [-0.39, 0.29) is 16.8 Å². The van der Waals surface area contributed by atoms with Crippen molar-refractivity contribution in [2.45, 2.75) is 30.3 Å². The molecule has 2 heterocycles. The van der Waals surface area contributed by atoms with Crippen LogP contribution in [0.4, 0.5) is 5.69 Å². The zero-order valence-corrected chi connectivity index (χ0v) is 11.6. The molecule has 0 spiro atoms. The largest absolute Gasteiger partial charge is 0.313 e. The lowest BCUT2D eigenvalue weighted by atomic mass is 10.1. The molecular weight excluding hydrogens is 284 g/mol. The average Bonchev–Trinajstić information content (AvgIpc) is 2.46. The van der Waals surface area contributed by atoms with E-state index in [9.17, 15) is 18.5 Å². The van der Waals surface area contributed by atoms with Gasteiger partial charge in [0.05, 0.1) is 4.92 Å². The van der Waals surface area contributed by atoms with Gasteiger partial charge in [0.2, 0.25) is 0 Å². The van der Waals surface area contributed by atoms with E-state index in [0.717, 1.165) is 44.1 Å². The van der Waals surface area contributed by atoms with E-state index in [1.165, 1.54) is 0 Å². The lowest BCUT2D eigenvalue weighted by Gasteiger charge is -2.23. The Morgan fingerprint density at radius 3 is 2.80 bits per heavy atom. The number of piperidine rings is 1. The molecule has 1 aliphatic heterocycles. The second-order valence-corrected chi connectivity index (χ2v) is 6.32. The number of nitrogens with zero attached hydrogens (tertiary/aromatic N) is 2. The maximum Gasteiger partial charge on any atom is 0.287 e. The predicted octanol–water partition coefficient (Wildman–Crippen LogP) is 0.410. The minimum Gasteiger partial charge on any atom is -0.313 e. The topological polar surface area (TPSA) is 114 Å². The number of nitrogens with one attached hydrogen (secondary N) is 2. The first-order valence-electron chi connectivity index (χ1n) is 6.32. The van der Waals surface area contributed by atoms with Crippen molar-refractivity contribution in [2.75, 3.05) is 13.1 Å². The fourth-order valence-corrected chi connectivity index (χ4v) is 3.03.